The van der Waals surface area contributed by atoms with Gasteiger partial charge in [-0.1, -0.05) is 170 Å². The molecule has 3 aromatic heterocycles. The zero-order valence-electron chi connectivity index (χ0n) is 35.0. The predicted octanol–water partition coefficient (Wildman–Crippen LogP) is 12.6. The number of H-pyrrole nitrogens is 1. The van der Waals surface area contributed by atoms with Gasteiger partial charge in [0.2, 0.25) is 0 Å². The van der Waals surface area contributed by atoms with Gasteiger partial charge in [-0.2, -0.15) is 0 Å². The Labute approximate surface area is 371 Å². The monoisotopic (exact) mass is 831 g/mol. The second-order valence-corrected chi connectivity index (χ2v) is 20.8. The minimum absolute atomic E-state index is 1.15. The molecule has 0 aliphatic heterocycles. The summed E-state index contributed by atoms with van der Waals surface area (Å²) in [5, 5.41) is 12.9. The SMILES string of the molecule is c1ccc(-n2c3ccc(-c4ccc5c(c4)c4ccccc4n5-c4cccc([Si](c5ccccc5)(c5ccccc5)c5ccccc5)c4)cc3c3cc4c(cc32)[nH]c2ccccc24)cc1. The van der Waals surface area contributed by atoms with Crippen molar-refractivity contribution >= 4 is 94.2 Å². The number of hydrogen-bond acceptors (Lipinski definition) is 0. The van der Waals surface area contributed by atoms with Gasteiger partial charge in [-0.15, -0.1) is 0 Å². The first-order valence-electron chi connectivity index (χ1n) is 22.1. The van der Waals surface area contributed by atoms with Crippen LogP contribution >= 0.6 is 0 Å². The molecule has 0 aliphatic rings. The lowest BCUT2D eigenvalue weighted by Crippen LogP contribution is -2.74. The number of para-hydroxylation sites is 3. The van der Waals surface area contributed by atoms with Gasteiger partial charge in [0.25, 0.3) is 0 Å². The van der Waals surface area contributed by atoms with Crippen LogP contribution < -0.4 is 20.7 Å². The average molecular weight is 832 g/mol. The van der Waals surface area contributed by atoms with E-state index < -0.39 is 8.07 Å². The topological polar surface area (TPSA) is 25.6 Å². The predicted molar refractivity (Wildman–Crippen MR) is 274 cm³/mol. The molecule has 0 aliphatic carbocycles. The summed E-state index contributed by atoms with van der Waals surface area (Å²) in [6.45, 7) is 0. The highest BCUT2D eigenvalue weighted by Gasteiger charge is 2.41. The lowest BCUT2D eigenvalue weighted by atomic mass is 10.00. The molecule has 0 unspecified atom stereocenters. The van der Waals surface area contributed by atoms with E-state index in [-0.39, 0.29) is 0 Å². The van der Waals surface area contributed by atoms with Crippen LogP contribution in [-0.2, 0) is 0 Å². The van der Waals surface area contributed by atoms with Crippen molar-refractivity contribution in [3.8, 4) is 22.5 Å². The maximum absolute atomic E-state index is 3.69. The Morgan fingerprint density at radius 2 is 0.734 bits per heavy atom. The molecule has 1 N–H and O–H groups in total. The third-order valence-corrected chi connectivity index (χ3v) is 18.3. The standard InChI is InChI=1S/C60H41N3Si/c1-5-18-43(19-6-1)62-59-35-33-42(37-53(59)54-39-51-49-28-13-15-30-55(49)61-56(51)40-60(54)62)41-32-34-58-52(36-41)50-29-14-16-31-57(50)63(58)44-20-17-27-48(38-44)64(45-21-7-2-8-22-45,46-23-9-3-10-24-46)47-25-11-4-12-26-47/h1-40,61H. The molecule has 300 valence electrons. The van der Waals surface area contributed by atoms with Gasteiger partial charge >= 0.3 is 0 Å². The second kappa shape index (κ2) is 14.5. The van der Waals surface area contributed by atoms with Gasteiger partial charge in [0.15, 0.2) is 8.07 Å². The fraction of sp³-hybridized carbons (Fsp3) is 0. The van der Waals surface area contributed by atoms with Crippen molar-refractivity contribution in [3.63, 3.8) is 0 Å². The number of aromatic amines is 1. The van der Waals surface area contributed by atoms with Crippen LogP contribution in [0.4, 0.5) is 0 Å². The van der Waals surface area contributed by atoms with Gasteiger partial charge in [0, 0.05) is 54.7 Å². The zero-order valence-corrected chi connectivity index (χ0v) is 36.0. The second-order valence-electron chi connectivity index (χ2n) is 17.0. The van der Waals surface area contributed by atoms with Crippen molar-refractivity contribution in [2.75, 3.05) is 0 Å². The Balaban J connectivity index is 1.01. The summed E-state index contributed by atoms with van der Waals surface area (Å²) in [6, 6.07) is 90.0. The van der Waals surface area contributed by atoms with Gasteiger partial charge in [0.05, 0.1) is 22.1 Å². The lowest BCUT2D eigenvalue weighted by molar-refractivity contribution is 1.18. The molecule has 0 fully saturated rings. The van der Waals surface area contributed by atoms with E-state index in [9.17, 15) is 0 Å². The summed E-state index contributed by atoms with van der Waals surface area (Å²) in [5.41, 5.74) is 11.8. The number of nitrogens with one attached hydrogen (secondary N) is 1. The molecule has 3 nitrogen and oxygen atoms in total. The summed E-state index contributed by atoms with van der Waals surface area (Å²) >= 11 is 0. The Hall–Kier alpha value is -8.18. The van der Waals surface area contributed by atoms with E-state index in [4.69, 9.17) is 0 Å². The summed E-state index contributed by atoms with van der Waals surface area (Å²) < 4.78 is 4.89. The number of rotatable bonds is 7. The van der Waals surface area contributed by atoms with E-state index in [1.165, 1.54) is 86.3 Å². The summed E-state index contributed by atoms with van der Waals surface area (Å²) in [5.74, 6) is 0. The average Bonchev–Trinajstić information content (AvgIpc) is 4.01. The Morgan fingerprint density at radius 3 is 1.38 bits per heavy atom. The van der Waals surface area contributed by atoms with Crippen molar-refractivity contribution in [2.24, 2.45) is 0 Å². The lowest BCUT2D eigenvalue weighted by Gasteiger charge is -2.34. The molecule has 13 rings (SSSR count). The Bertz CT molecular complexity index is 3790. The third-order valence-electron chi connectivity index (χ3n) is 13.6. The third kappa shape index (κ3) is 5.46. The summed E-state index contributed by atoms with van der Waals surface area (Å²) in [6.07, 6.45) is 0. The highest BCUT2D eigenvalue weighted by atomic mass is 28.3. The number of fused-ring (bicyclic) bond motifs is 9. The van der Waals surface area contributed by atoms with Crippen LogP contribution in [0.5, 0.6) is 0 Å². The fourth-order valence-electron chi connectivity index (χ4n) is 10.8. The highest BCUT2D eigenvalue weighted by Crippen LogP contribution is 2.40. The molecule has 4 heteroatoms. The fourth-order valence-corrected chi connectivity index (χ4v) is 15.6. The molecular formula is C60H41N3Si. The molecule has 0 saturated carbocycles. The van der Waals surface area contributed by atoms with E-state index in [2.05, 4.69) is 257 Å². The Kier molecular flexibility index (Phi) is 8.23. The van der Waals surface area contributed by atoms with Gasteiger partial charge < -0.3 is 14.1 Å². The van der Waals surface area contributed by atoms with Crippen molar-refractivity contribution in [2.45, 2.75) is 0 Å². The summed E-state index contributed by atoms with van der Waals surface area (Å²) in [4.78, 5) is 3.69. The number of benzene rings is 10. The van der Waals surface area contributed by atoms with Crippen LogP contribution in [0.25, 0.3) is 87.9 Å². The smallest absolute Gasteiger partial charge is 0.179 e. The summed E-state index contributed by atoms with van der Waals surface area (Å²) in [7, 11) is -2.74. The molecule has 64 heavy (non-hydrogen) atoms. The van der Waals surface area contributed by atoms with Crippen LogP contribution in [0.1, 0.15) is 0 Å². The van der Waals surface area contributed by atoms with E-state index in [1.807, 2.05) is 0 Å². The van der Waals surface area contributed by atoms with Crippen molar-refractivity contribution < 1.29 is 0 Å². The normalized spacial score (nSPS) is 12.1. The first kappa shape index (κ1) is 36.5. The maximum atomic E-state index is 3.69. The molecule has 10 aromatic carbocycles. The minimum atomic E-state index is -2.74. The largest absolute Gasteiger partial charge is 0.354 e. The van der Waals surface area contributed by atoms with Gasteiger partial charge in [-0.3, -0.25) is 0 Å². The number of hydrogen-bond donors (Lipinski definition) is 1. The van der Waals surface area contributed by atoms with Crippen LogP contribution in [0.15, 0.2) is 243 Å². The van der Waals surface area contributed by atoms with Gasteiger partial charge in [-0.05, 0) is 105 Å². The molecule has 0 bridgehead atoms. The van der Waals surface area contributed by atoms with Crippen LogP contribution in [0.2, 0.25) is 0 Å². The van der Waals surface area contributed by atoms with E-state index >= 15 is 0 Å². The Morgan fingerprint density at radius 1 is 0.266 bits per heavy atom. The molecule has 0 atom stereocenters. The molecule has 13 aromatic rings. The van der Waals surface area contributed by atoms with Gasteiger partial charge in [-0.25, -0.2) is 0 Å². The molecular weight excluding hydrogens is 791 g/mol. The maximum Gasteiger partial charge on any atom is 0.179 e. The van der Waals surface area contributed by atoms with Crippen molar-refractivity contribution in [1.82, 2.24) is 14.1 Å². The van der Waals surface area contributed by atoms with E-state index in [0.29, 0.717) is 0 Å². The first-order valence-corrected chi connectivity index (χ1v) is 24.1. The van der Waals surface area contributed by atoms with Crippen molar-refractivity contribution in [1.29, 1.82) is 0 Å². The van der Waals surface area contributed by atoms with Gasteiger partial charge in [0.1, 0.15) is 0 Å². The zero-order chi connectivity index (χ0) is 42.2. The number of nitrogens with zero attached hydrogens (tertiary/aromatic N) is 2. The molecule has 3 heterocycles. The molecule has 0 radical (unpaired) electrons. The molecule has 0 saturated heterocycles. The highest BCUT2D eigenvalue weighted by molar-refractivity contribution is 7.19. The minimum Gasteiger partial charge on any atom is -0.354 e. The van der Waals surface area contributed by atoms with Crippen molar-refractivity contribution in [3.05, 3.63) is 243 Å². The first-order chi connectivity index (χ1) is 31.7. The molecule has 0 amide bonds. The van der Waals surface area contributed by atoms with Crippen LogP contribution in [0, 0.1) is 0 Å². The van der Waals surface area contributed by atoms with Crippen LogP contribution in [0.3, 0.4) is 0 Å². The van der Waals surface area contributed by atoms with E-state index in [1.54, 1.807) is 0 Å². The number of aromatic nitrogens is 3. The molecule has 0 spiro atoms. The van der Waals surface area contributed by atoms with E-state index in [0.717, 1.165) is 22.4 Å². The quantitative estimate of drug-likeness (QED) is 0.122. The van der Waals surface area contributed by atoms with Crippen LogP contribution in [-0.4, -0.2) is 22.2 Å².